The van der Waals surface area contributed by atoms with Gasteiger partial charge in [-0.15, -0.1) is 0 Å². The number of urea groups is 1. The molecule has 4 amide bonds. The lowest BCUT2D eigenvalue weighted by Gasteiger charge is -2.35. The predicted octanol–water partition coefficient (Wildman–Crippen LogP) is 2.41. The van der Waals surface area contributed by atoms with Crippen LogP contribution in [0, 0.1) is 0 Å². The van der Waals surface area contributed by atoms with Crippen LogP contribution in [0.2, 0.25) is 5.02 Å². The van der Waals surface area contributed by atoms with Crippen LogP contribution >= 0.6 is 11.6 Å². The maximum absolute atomic E-state index is 12.5. The highest BCUT2D eigenvalue weighted by Gasteiger charge is 2.32. The number of nitrogens with zero attached hydrogens (tertiary/aromatic N) is 1. The van der Waals surface area contributed by atoms with Crippen LogP contribution < -0.4 is 10.6 Å². The number of carbonyl (C=O) groups excluding carboxylic acids is 3. The van der Waals surface area contributed by atoms with Gasteiger partial charge in [-0.05, 0) is 30.5 Å². The monoisotopic (exact) mass is 351 g/mol. The molecule has 1 aliphatic rings. The third-order valence-corrected chi connectivity index (χ3v) is 4.71. The summed E-state index contributed by atoms with van der Waals surface area (Å²) in [6.45, 7) is 4.19. The molecule has 0 bridgehead atoms. The van der Waals surface area contributed by atoms with Crippen molar-refractivity contribution in [3.8, 4) is 0 Å². The van der Waals surface area contributed by atoms with Crippen LogP contribution in [0.25, 0.3) is 0 Å². The van der Waals surface area contributed by atoms with Crippen LogP contribution in [-0.4, -0.2) is 35.8 Å². The van der Waals surface area contributed by atoms with E-state index in [-0.39, 0.29) is 31.3 Å². The van der Waals surface area contributed by atoms with Crippen molar-refractivity contribution >= 4 is 29.4 Å². The summed E-state index contributed by atoms with van der Waals surface area (Å²) < 4.78 is 0. The lowest BCUT2D eigenvalue weighted by Crippen LogP contribution is -2.54. The van der Waals surface area contributed by atoms with E-state index in [9.17, 15) is 14.4 Å². The average molecular weight is 352 g/mol. The molecule has 1 heterocycles. The number of halogens is 1. The number of amides is 4. The SMILES string of the molecule is CCC(CC)(NC(=O)CN1CCC(=O)NC1=O)c1ccc(Cl)cc1. The zero-order chi connectivity index (χ0) is 17.7. The number of carbonyl (C=O) groups is 3. The molecule has 1 aromatic carbocycles. The number of benzene rings is 1. The van der Waals surface area contributed by atoms with Crippen molar-refractivity contribution in [2.45, 2.75) is 38.6 Å². The predicted molar refractivity (Wildman–Crippen MR) is 91.6 cm³/mol. The molecule has 1 aliphatic heterocycles. The summed E-state index contributed by atoms with van der Waals surface area (Å²) in [7, 11) is 0. The lowest BCUT2D eigenvalue weighted by atomic mass is 9.84. The van der Waals surface area contributed by atoms with Crippen LogP contribution in [0.5, 0.6) is 0 Å². The van der Waals surface area contributed by atoms with Gasteiger partial charge in [0.2, 0.25) is 11.8 Å². The standard InChI is InChI=1S/C17H22ClN3O3/c1-3-17(4-2,12-5-7-13(18)8-6-12)20-15(23)11-21-10-9-14(22)19-16(21)24/h5-8H,3-4,9-11H2,1-2H3,(H,20,23)(H,19,22,24). The Bertz CT molecular complexity index is 626. The molecule has 2 N–H and O–H groups in total. The van der Waals surface area contributed by atoms with Crippen LogP contribution in [0.4, 0.5) is 4.79 Å². The number of imide groups is 1. The Kier molecular flexibility index (Phi) is 5.83. The maximum atomic E-state index is 12.5. The van der Waals surface area contributed by atoms with Crippen molar-refractivity contribution in [1.82, 2.24) is 15.5 Å². The molecule has 0 spiro atoms. The summed E-state index contributed by atoms with van der Waals surface area (Å²) in [4.78, 5) is 36.7. The van der Waals surface area contributed by atoms with Crippen molar-refractivity contribution in [1.29, 1.82) is 0 Å². The fourth-order valence-electron chi connectivity index (χ4n) is 2.91. The number of hydrogen-bond acceptors (Lipinski definition) is 3. The summed E-state index contributed by atoms with van der Waals surface area (Å²) in [6.07, 6.45) is 1.63. The van der Waals surface area contributed by atoms with E-state index >= 15 is 0 Å². The molecule has 0 aliphatic carbocycles. The molecule has 1 fully saturated rings. The minimum Gasteiger partial charge on any atom is -0.345 e. The van der Waals surface area contributed by atoms with Gasteiger partial charge < -0.3 is 10.2 Å². The van der Waals surface area contributed by atoms with Gasteiger partial charge in [-0.2, -0.15) is 0 Å². The average Bonchev–Trinajstić information content (AvgIpc) is 2.56. The van der Waals surface area contributed by atoms with E-state index in [4.69, 9.17) is 11.6 Å². The maximum Gasteiger partial charge on any atom is 0.324 e. The van der Waals surface area contributed by atoms with Crippen molar-refractivity contribution in [2.24, 2.45) is 0 Å². The summed E-state index contributed by atoms with van der Waals surface area (Å²) in [6, 6.07) is 6.88. The largest absolute Gasteiger partial charge is 0.345 e. The molecule has 2 rings (SSSR count). The van der Waals surface area contributed by atoms with Crippen molar-refractivity contribution in [3.05, 3.63) is 34.9 Å². The van der Waals surface area contributed by atoms with E-state index in [1.165, 1.54) is 4.90 Å². The highest BCUT2D eigenvalue weighted by atomic mass is 35.5. The van der Waals surface area contributed by atoms with Gasteiger partial charge >= 0.3 is 6.03 Å². The first-order valence-electron chi connectivity index (χ1n) is 8.06. The highest BCUT2D eigenvalue weighted by molar-refractivity contribution is 6.30. The second-order valence-electron chi connectivity index (χ2n) is 5.87. The highest BCUT2D eigenvalue weighted by Crippen LogP contribution is 2.29. The van der Waals surface area contributed by atoms with Gasteiger partial charge in [-0.1, -0.05) is 37.6 Å². The lowest BCUT2D eigenvalue weighted by molar-refractivity contribution is -0.126. The Labute approximate surface area is 146 Å². The van der Waals surface area contributed by atoms with E-state index in [0.717, 1.165) is 5.56 Å². The molecule has 0 aromatic heterocycles. The molecule has 0 radical (unpaired) electrons. The second kappa shape index (κ2) is 7.66. The van der Waals surface area contributed by atoms with E-state index in [1.807, 2.05) is 26.0 Å². The van der Waals surface area contributed by atoms with Gasteiger partial charge in [-0.3, -0.25) is 14.9 Å². The van der Waals surface area contributed by atoms with Gasteiger partial charge in [0.05, 0.1) is 5.54 Å². The van der Waals surface area contributed by atoms with Crippen molar-refractivity contribution in [3.63, 3.8) is 0 Å². The van der Waals surface area contributed by atoms with Crippen LogP contribution in [0.15, 0.2) is 24.3 Å². The van der Waals surface area contributed by atoms with Crippen LogP contribution in [0.1, 0.15) is 38.7 Å². The summed E-state index contributed by atoms with van der Waals surface area (Å²) in [5.74, 6) is -0.563. The zero-order valence-electron chi connectivity index (χ0n) is 13.9. The summed E-state index contributed by atoms with van der Waals surface area (Å²) >= 11 is 5.94. The quantitative estimate of drug-likeness (QED) is 0.826. The van der Waals surface area contributed by atoms with Gasteiger partial charge in [0.15, 0.2) is 0 Å². The topological polar surface area (TPSA) is 78.5 Å². The third-order valence-electron chi connectivity index (χ3n) is 4.46. The molecule has 0 saturated carbocycles. The first-order valence-corrected chi connectivity index (χ1v) is 8.44. The molecule has 0 unspecified atom stereocenters. The van der Waals surface area contributed by atoms with Crippen LogP contribution in [0.3, 0.4) is 0 Å². The molecule has 1 saturated heterocycles. The number of nitrogens with one attached hydrogen (secondary N) is 2. The van der Waals surface area contributed by atoms with Gasteiger partial charge in [0.1, 0.15) is 6.54 Å². The minimum atomic E-state index is -0.522. The smallest absolute Gasteiger partial charge is 0.324 e. The molecule has 130 valence electrons. The Morgan fingerprint density at radius 3 is 2.42 bits per heavy atom. The Morgan fingerprint density at radius 2 is 1.88 bits per heavy atom. The first kappa shape index (κ1) is 18.3. The molecular weight excluding hydrogens is 330 g/mol. The van der Waals surface area contributed by atoms with Gasteiger partial charge in [0, 0.05) is 18.0 Å². The fourth-order valence-corrected chi connectivity index (χ4v) is 3.03. The number of hydrogen-bond donors (Lipinski definition) is 2. The fraction of sp³-hybridized carbons (Fsp3) is 0.471. The normalized spacial score (nSPS) is 15.2. The molecule has 1 aromatic rings. The van der Waals surface area contributed by atoms with E-state index in [2.05, 4.69) is 10.6 Å². The Morgan fingerprint density at radius 1 is 1.25 bits per heavy atom. The summed E-state index contributed by atoms with van der Waals surface area (Å²) in [5, 5.41) is 5.91. The van der Waals surface area contributed by atoms with Crippen molar-refractivity contribution < 1.29 is 14.4 Å². The van der Waals surface area contributed by atoms with Gasteiger partial charge in [0.25, 0.3) is 0 Å². The van der Waals surface area contributed by atoms with Crippen molar-refractivity contribution in [2.75, 3.05) is 13.1 Å². The van der Waals surface area contributed by atoms with E-state index in [1.54, 1.807) is 12.1 Å². The summed E-state index contributed by atoms with van der Waals surface area (Å²) in [5.41, 5.74) is 0.465. The molecule has 7 heteroatoms. The third kappa shape index (κ3) is 4.06. The Balaban J connectivity index is 2.09. The van der Waals surface area contributed by atoms with Crippen LogP contribution in [-0.2, 0) is 15.1 Å². The molecule has 0 atom stereocenters. The molecule has 6 nitrogen and oxygen atoms in total. The van der Waals surface area contributed by atoms with E-state index < -0.39 is 11.6 Å². The zero-order valence-corrected chi connectivity index (χ0v) is 14.7. The van der Waals surface area contributed by atoms with E-state index in [0.29, 0.717) is 17.9 Å². The minimum absolute atomic E-state index is 0.0749. The molecule has 24 heavy (non-hydrogen) atoms. The first-order chi connectivity index (χ1) is 11.4. The Hall–Kier alpha value is -2.08. The molecular formula is C17H22ClN3O3. The van der Waals surface area contributed by atoms with Gasteiger partial charge in [-0.25, -0.2) is 4.79 Å². The number of rotatable bonds is 6. The second-order valence-corrected chi connectivity index (χ2v) is 6.31.